The molecule has 0 amide bonds. The highest BCUT2D eigenvalue weighted by molar-refractivity contribution is 5.26. The molecule has 1 unspecified atom stereocenters. The van der Waals surface area contributed by atoms with Gasteiger partial charge < -0.3 is 4.57 Å². The molecule has 3 nitrogen and oxygen atoms in total. The van der Waals surface area contributed by atoms with Gasteiger partial charge >= 0.3 is 0 Å². The first-order chi connectivity index (χ1) is 10.8. The molecular weight excluding hydrogens is 277 g/mol. The Morgan fingerprint density at radius 2 is 1.82 bits per heavy atom. The van der Waals surface area contributed by atoms with Gasteiger partial charge in [0, 0.05) is 31.5 Å². The van der Waals surface area contributed by atoms with Crippen molar-refractivity contribution in [2.75, 3.05) is 0 Å². The first-order valence-corrected chi connectivity index (χ1v) is 7.24. The average Bonchev–Trinajstić information content (AvgIpc) is 2.96. The van der Waals surface area contributed by atoms with Crippen molar-refractivity contribution >= 4 is 0 Å². The van der Waals surface area contributed by atoms with E-state index in [9.17, 15) is 4.39 Å². The van der Waals surface area contributed by atoms with E-state index in [1.807, 2.05) is 54.2 Å². The predicted octanol–water partition coefficient (Wildman–Crippen LogP) is 3.44. The van der Waals surface area contributed by atoms with E-state index in [0.29, 0.717) is 12.1 Å². The van der Waals surface area contributed by atoms with E-state index in [1.165, 1.54) is 6.07 Å². The lowest BCUT2D eigenvalue weighted by atomic mass is 10.1. The van der Waals surface area contributed by atoms with E-state index in [1.54, 1.807) is 18.3 Å². The zero-order valence-electron chi connectivity index (χ0n) is 12.4. The van der Waals surface area contributed by atoms with Crippen LogP contribution in [0.25, 0.3) is 0 Å². The van der Waals surface area contributed by atoms with E-state index in [-0.39, 0.29) is 11.9 Å². The Balaban J connectivity index is 1.87. The molecule has 0 fully saturated rings. The molecular formula is C18H18FN3. The zero-order valence-corrected chi connectivity index (χ0v) is 12.4. The van der Waals surface area contributed by atoms with E-state index in [0.717, 1.165) is 11.4 Å². The summed E-state index contributed by atoms with van der Waals surface area (Å²) < 4.78 is 15.8. The van der Waals surface area contributed by atoms with Crippen molar-refractivity contribution in [3.8, 4) is 0 Å². The predicted molar refractivity (Wildman–Crippen MR) is 84.7 cm³/mol. The number of hydrogen-bond donors (Lipinski definition) is 1. The van der Waals surface area contributed by atoms with Crippen molar-refractivity contribution in [1.82, 2.24) is 14.9 Å². The van der Waals surface area contributed by atoms with Gasteiger partial charge in [0.2, 0.25) is 0 Å². The van der Waals surface area contributed by atoms with Crippen LogP contribution < -0.4 is 5.32 Å². The fourth-order valence-corrected chi connectivity index (χ4v) is 2.51. The van der Waals surface area contributed by atoms with Gasteiger partial charge in [-0.2, -0.15) is 0 Å². The SMILES string of the molecule is Cn1ccnc1C(NCc1ccccc1F)c1ccccc1. The van der Waals surface area contributed by atoms with Crippen molar-refractivity contribution in [2.45, 2.75) is 12.6 Å². The summed E-state index contributed by atoms with van der Waals surface area (Å²) in [5.41, 5.74) is 1.76. The third-order valence-electron chi connectivity index (χ3n) is 3.70. The van der Waals surface area contributed by atoms with E-state index in [4.69, 9.17) is 0 Å². The maximum absolute atomic E-state index is 13.8. The highest BCUT2D eigenvalue weighted by Crippen LogP contribution is 2.21. The van der Waals surface area contributed by atoms with Gasteiger partial charge in [-0.25, -0.2) is 9.37 Å². The number of halogens is 1. The van der Waals surface area contributed by atoms with Crippen LogP contribution >= 0.6 is 0 Å². The highest BCUT2D eigenvalue weighted by Gasteiger charge is 2.18. The van der Waals surface area contributed by atoms with Gasteiger partial charge in [0.05, 0.1) is 6.04 Å². The minimum atomic E-state index is -0.193. The van der Waals surface area contributed by atoms with Crippen LogP contribution in [0.5, 0.6) is 0 Å². The van der Waals surface area contributed by atoms with Gasteiger partial charge in [0.15, 0.2) is 0 Å². The second-order valence-corrected chi connectivity index (χ2v) is 5.21. The van der Waals surface area contributed by atoms with E-state index in [2.05, 4.69) is 10.3 Å². The molecule has 0 saturated carbocycles. The molecule has 0 saturated heterocycles. The number of aromatic nitrogens is 2. The molecule has 3 rings (SSSR count). The summed E-state index contributed by atoms with van der Waals surface area (Å²) in [5, 5.41) is 3.41. The third-order valence-corrected chi connectivity index (χ3v) is 3.70. The number of nitrogens with zero attached hydrogens (tertiary/aromatic N) is 2. The summed E-state index contributed by atoms with van der Waals surface area (Å²) in [6.45, 7) is 0.444. The van der Waals surface area contributed by atoms with Crippen molar-refractivity contribution in [3.05, 3.63) is 89.8 Å². The number of benzene rings is 2. The summed E-state index contributed by atoms with van der Waals surface area (Å²) in [7, 11) is 1.96. The highest BCUT2D eigenvalue weighted by atomic mass is 19.1. The van der Waals surface area contributed by atoms with Crippen molar-refractivity contribution in [1.29, 1.82) is 0 Å². The number of aryl methyl sites for hydroxylation is 1. The quantitative estimate of drug-likeness (QED) is 0.781. The van der Waals surface area contributed by atoms with Crippen LogP contribution in [0.3, 0.4) is 0 Å². The lowest BCUT2D eigenvalue weighted by Crippen LogP contribution is -2.25. The second kappa shape index (κ2) is 6.54. The molecule has 0 radical (unpaired) electrons. The van der Waals surface area contributed by atoms with Crippen molar-refractivity contribution < 1.29 is 4.39 Å². The molecule has 1 heterocycles. The van der Waals surface area contributed by atoms with Crippen LogP contribution in [0, 0.1) is 5.82 Å². The summed E-state index contributed by atoms with van der Waals surface area (Å²) in [5.74, 6) is 0.712. The number of imidazole rings is 1. The Kier molecular flexibility index (Phi) is 4.30. The largest absolute Gasteiger partial charge is 0.336 e. The minimum absolute atomic E-state index is 0.0826. The van der Waals surface area contributed by atoms with E-state index < -0.39 is 0 Å². The van der Waals surface area contributed by atoms with Crippen LogP contribution in [0.15, 0.2) is 67.0 Å². The zero-order chi connectivity index (χ0) is 15.4. The van der Waals surface area contributed by atoms with Gasteiger partial charge in [-0.05, 0) is 11.6 Å². The Labute approximate surface area is 129 Å². The van der Waals surface area contributed by atoms with Gasteiger partial charge in [-0.1, -0.05) is 48.5 Å². The molecule has 3 aromatic rings. The summed E-state index contributed by atoms with van der Waals surface area (Å²) in [6, 6.07) is 16.8. The molecule has 0 spiro atoms. The summed E-state index contributed by atoms with van der Waals surface area (Å²) in [6.07, 6.45) is 3.69. The first-order valence-electron chi connectivity index (χ1n) is 7.24. The summed E-state index contributed by atoms with van der Waals surface area (Å²) in [4.78, 5) is 4.43. The van der Waals surface area contributed by atoms with Crippen molar-refractivity contribution in [3.63, 3.8) is 0 Å². The Bertz CT molecular complexity index is 737. The van der Waals surface area contributed by atoms with Gasteiger partial charge in [-0.3, -0.25) is 5.32 Å². The van der Waals surface area contributed by atoms with Crippen LogP contribution in [0.4, 0.5) is 4.39 Å². The normalized spacial score (nSPS) is 12.3. The maximum atomic E-state index is 13.8. The van der Waals surface area contributed by atoms with Gasteiger partial charge in [0.25, 0.3) is 0 Å². The van der Waals surface area contributed by atoms with Gasteiger partial charge in [0.1, 0.15) is 11.6 Å². The number of nitrogens with one attached hydrogen (secondary N) is 1. The Hall–Kier alpha value is -2.46. The molecule has 1 atom stereocenters. The monoisotopic (exact) mass is 295 g/mol. The lowest BCUT2D eigenvalue weighted by molar-refractivity contribution is 0.535. The molecule has 1 N–H and O–H groups in total. The Morgan fingerprint density at radius 1 is 1.09 bits per heavy atom. The summed E-state index contributed by atoms with van der Waals surface area (Å²) >= 11 is 0. The van der Waals surface area contributed by atoms with Crippen LogP contribution in [0.1, 0.15) is 23.0 Å². The minimum Gasteiger partial charge on any atom is -0.336 e. The van der Waals surface area contributed by atoms with Crippen LogP contribution in [0.2, 0.25) is 0 Å². The molecule has 1 aromatic heterocycles. The topological polar surface area (TPSA) is 29.9 Å². The molecule has 22 heavy (non-hydrogen) atoms. The first kappa shape index (κ1) is 14.5. The van der Waals surface area contributed by atoms with E-state index >= 15 is 0 Å². The van der Waals surface area contributed by atoms with Crippen LogP contribution in [-0.4, -0.2) is 9.55 Å². The fraction of sp³-hybridized carbons (Fsp3) is 0.167. The lowest BCUT2D eigenvalue weighted by Gasteiger charge is -2.19. The third kappa shape index (κ3) is 3.07. The molecule has 0 bridgehead atoms. The number of rotatable bonds is 5. The van der Waals surface area contributed by atoms with Crippen LogP contribution in [-0.2, 0) is 13.6 Å². The molecule has 4 heteroatoms. The standard InChI is InChI=1S/C18H18FN3/c1-22-12-11-20-18(22)17(14-7-3-2-4-8-14)21-13-15-9-5-6-10-16(15)19/h2-12,17,21H,13H2,1H3. The molecule has 0 aliphatic heterocycles. The maximum Gasteiger partial charge on any atom is 0.130 e. The molecule has 0 aliphatic carbocycles. The van der Waals surface area contributed by atoms with Crippen molar-refractivity contribution in [2.24, 2.45) is 7.05 Å². The second-order valence-electron chi connectivity index (χ2n) is 5.21. The molecule has 2 aromatic carbocycles. The number of hydrogen-bond acceptors (Lipinski definition) is 2. The molecule has 0 aliphatic rings. The smallest absolute Gasteiger partial charge is 0.130 e. The Morgan fingerprint density at radius 3 is 2.50 bits per heavy atom. The van der Waals surface area contributed by atoms with Gasteiger partial charge in [-0.15, -0.1) is 0 Å². The average molecular weight is 295 g/mol. The molecule has 112 valence electrons. The fourth-order valence-electron chi connectivity index (χ4n) is 2.51.